The van der Waals surface area contributed by atoms with Gasteiger partial charge in [-0.1, -0.05) is 0 Å². The molecular formula is C14H18O5. The maximum atomic E-state index is 11.2. The molecule has 0 atom stereocenters. The summed E-state index contributed by atoms with van der Waals surface area (Å²) in [6.45, 7) is 3.30. The standard InChI is InChI=1S/C14H18O5/c1-10(16)12-4-5-14(13(8-12)9-15)19-7-3-6-18-11(2)17/h4-5,8,15H,3,6-7,9H2,1-2H3. The van der Waals surface area contributed by atoms with E-state index in [2.05, 4.69) is 0 Å². The highest BCUT2D eigenvalue weighted by Gasteiger charge is 2.07. The molecule has 0 saturated heterocycles. The number of esters is 1. The fraction of sp³-hybridized carbons (Fsp3) is 0.429. The predicted octanol–water partition coefficient (Wildman–Crippen LogP) is 1.71. The van der Waals surface area contributed by atoms with Crippen LogP contribution in [0.1, 0.15) is 36.2 Å². The molecule has 1 aromatic rings. The third kappa shape index (κ3) is 5.09. The summed E-state index contributed by atoms with van der Waals surface area (Å²) in [5.41, 5.74) is 1.11. The minimum Gasteiger partial charge on any atom is -0.493 e. The van der Waals surface area contributed by atoms with Crippen LogP contribution in [0.2, 0.25) is 0 Å². The van der Waals surface area contributed by atoms with Gasteiger partial charge < -0.3 is 14.6 Å². The number of ether oxygens (including phenoxy) is 2. The van der Waals surface area contributed by atoms with Crippen molar-refractivity contribution in [2.24, 2.45) is 0 Å². The predicted molar refractivity (Wildman–Crippen MR) is 69.1 cm³/mol. The van der Waals surface area contributed by atoms with E-state index in [1.165, 1.54) is 13.8 Å². The van der Waals surface area contributed by atoms with Crippen LogP contribution in [0, 0.1) is 0 Å². The highest BCUT2D eigenvalue weighted by Crippen LogP contribution is 2.20. The van der Waals surface area contributed by atoms with Crippen molar-refractivity contribution in [3.63, 3.8) is 0 Å². The Kier molecular flexibility index (Phi) is 6.02. The van der Waals surface area contributed by atoms with Gasteiger partial charge in [0.1, 0.15) is 5.75 Å². The van der Waals surface area contributed by atoms with Crippen molar-refractivity contribution in [1.29, 1.82) is 0 Å². The summed E-state index contributed by atoms with van der Waals surface area (Å²) in [5.74, 6) is 0.160. The number of aliphatic hydroxyl groups excluding tert-OH is 1. The summed E-state index contributed by atoms with van der Waals surface area (Å²) < 4.78 is 10.3. The molecule has 0 bridgehead atoms. The number of carbonyl (C=O) groups excluding carboxylic acids is 2. The van der Waals surface area contributed by atoms with Crippen molar-refractivity contribution < 1.29 is 24.2 Å². The Bertz CT molecular complexity index is 453. The fourth-order valence-electron chi connectivity index (χ4n) is 1.52. The number of carbonyl (C=O) groups is 2. The molecule has 0 aliphatic rings. The van der Waals surface area contributed by atoms with Gasteiger partial charge in [-0.05, 0) is 25.1 Å². The van der Waals surface area contributed by atoms with E-state index in [0.717, 1.165) is 0 Å². The molecule has 0 fully saturated rings. The zero-order valence-corrected chi connectivity index (χ0v) is 11.1. The van der Waals surface area contributed by atoms with E-state index in [-0.39, 0.29) is 18.4 Å². The summed E-state index contributed by atoms with van der Waals surface area (Å²) in [6.07, 6.45) is 0.568. The van der Waals surface area contributed by atoms with E-state index in [4.69, 9.17) is 9.47 Å². The lowest BCUT2D eigenvalue weighted by molar-refractivity contribution is -0.141. The zero-order chi connectivity index (χ0) is 14.3. The molecule has 0 radical (unpaired) electrons. The first-order valence-electron chi connectivity index (χ1n) is 6.05. The van der Waals surface area contributed by atoms with Crippen molar-refractivity contribution >= 4 is 11.8 Å². The van der Waals surface area contributed by atoms with Crippen molar-refractivity contribution in [3.8, 4) is 5.75 Å². The van der Waals surface area contributed by atoms with Crippen LogP contribution in [-0.4, -0.2) is 30.1 Å². The molecule has 19 heavy (non-hydrogen) atoms. The second-order valence-electron chi connectivity index (χ2n) is 4.08. The Labute approximate surface area is 112 Å². The number of rotatable bonds is 7. The number of benzene rings is 1. The Morgan fingerprint density at radius 2 is 1.95 bits per heavy atom. The number of Topliss-reactive ketones (excluding diaryl/α,β-unsaturated/α-hetero) is 1. The molecule has 104 valence electrons. The lowest BCUT2D eigenvalue weighted by Crippen LogP contribution is -2.07. The maximum absolute atomic E-state index is 11.2. The van der Waals surface area contributed by atoms with Crippen molar-refractivity contribution in [2.45, 2.75) is 26.9 Å². The van der Waals surface area contributed by atoms with E-state index < -0.39 is 0 Å². The molecule has 0 heterocycles. The zero-order valence-electron chi connectivity index (χ0n) is 11.1. The summed E-state index contributed by atoms with van der Waals surface area (Å²) in [4.78, 5) is 21.8. The molecule has 0 aromatic heterocycles. The largest absolute Gasteiger partial charge is 0.493 e. The Morgan fingerprint density at radius 3 is 2.53 bits per heavy atom. The average Bonchev–Trinajstić information content (AvgIpc) is 2.37. The topological polar surface area (TPSA) is 72.8 Å². The Balaban J connectivity index is 2.53. The highest BCUT2D eigenvalue weighted by molar-refractivity contribution is 5.94. The van der Waals surface area contributed by atoms with Crippen LogP contribution in [-0.2, 0) is 16.1 Å². The smallest absolute Gasteiger partial charge is 0.302 e. The van der Waals surface area contributed by atoms with Gasteiger partial charge in [-0.3, -0.25) is 9.59 Å². The summed E-state index contributed by atoms with van der Waals surface area (Å²) in [7, 11) is 0. The second kappa shape index (κ2) is 7.53. The number of aliphatic hydroxyl groups is 1. The van der Waals surface area contributed by atoms with Gasteiger partial charge in [0.25, 0.3) is 0 Å². The van der Waals surface area contributed by atoms with Crippen LogP contribution in [0.25, 0.3) is 0 Å². The van der Waals surface area contributed by atoms with Crippen LogP contribution in [0.4, 0.5) is 0 Å². The summed E-state index contributed by atoms with van der Waals surface area (Å²) in [6, 6.07) is 4.93. The molecular weight excluding hydrogens is 248 g/mol. The first-order valence-corrected chi connectivity index (χ1v) is 6.05. The minimum absolute atomic E-state index is 0.0592. The van der Waals surface area contributed by atoms with Gasteiger partial charge >= 0.3 is 5.97 Å². The van der Waals surface area contributed by atoms with Gasteiger partial charge in [0.15, 0.2) is 5.78 Å². The lowest BCUT2D eigenvalue weighted by Gasteiger charge is -2.11. The molecule has 0 unspecified atom stereocenters. The second-order valence-corrected chi connectivity index (χ2v) is 4.08. The third-order valence-corrected chi connectivity index (χ3v) is 2.49. The van der Waals surface area contributed by atoms with Gasteiger partial charge in [-0.25, -0.2) is 0 Å². The van der Waals surface area contributed by atoms with Crippen molar-refractivity contribution in [3.05, 3.63) is 29.3 Å². The molecule has 0 amide bonds. The highest BCUT2D eigenvalue weighted by atomic mass is 16.5. The van der Waals surface area contributed by atoms with E-state index >= 15 is 0 Å². The van der Waals surface area contributed by atoms with Crippen LogP contribution >= 0.6 is 0 Å². The minimum atomic E-state index is -0.318. The van der Waals surface area contributed by atoms with E-state index in [0.29, 0.717) is 36.5 Å². The summed E-state index contributed by atoms with van der Waals surface area (Å²) >= 11 is 0. The summed E-state index contributed by atoms with van der Waals surface area (Å²) in [5, 5.41) is 9.24. The first-order chi connectivity index (χ1) is 9.04. The molecule has 5 nitrogen and oxygen atoms in total. The van der Waals surface area contributed by atoms with Crippen LogP contribution in [0.5, 0.6) is 5.75 Å². The maximum Gasteiger partial charge on any atom is 0.302 e. The number of ketones is 1. The SMILES string of the molecule is CC(=O)OCCCOc1ccc(C(C)=O)cc1CO. The fourth-order valence-corrected chi connectivity index (χ4v) is 1.52. The number of hydrogen-bond acceptors (Lipinski definition) is 5. The normalized spacial score (nSPS) is 10.1. The molecule has 0 spiro atoms. The lowest BCUT2D eigenvalue weighted by atomic mass is 10.1. The van der Waals surface area contributed by atoms with Gasteiger partial charge in [-0.2, -0.15) is 0 Å². The quantitative estimate of drug-likeness (QED) is 0.462. The van der Waals surface area contributed by atoms with Crippen LogP contribution < -0.4 is 4.74 Å². The van der Waals surface area contributed by atoms with Crippen LogP contribution in [0.3, 0.4) is 0 Å². The van der Waals surface area contributed by atoms with Gasteiger partial charge in [-0.15, -0.1) is 0 Å². The average molecular weight is 266 g/mol. The molecule has 0 saturated carbocycles. The Hall–Kier alpha value is -1.88. The van der Waals surface area contributed by atoms with E-state index in [1.54, 1.807) is 18.2 Å². The van der Waals surface area contributed by atoms with Gasteiger partial charge in [0.05, 0.1) is 19.8 Å². The molecule has 1 rings (SSSR count). The molecule has 0 aliphatic carbocycles. The first kappa shape index (κ1) is 15.2. The Morgan fingerprint density at radius 1 is 1.21 bits per heavy atom. The monoisotopic (exact) mass is 266 g/mol. The third-order valence-electron chi connectivity index (χ3n) is 2.49. The number of hydrogen-bond donors (Lipinski definition) is 1. The molecule has 1 aromatic carbocycles. The van der Waals surface area contributed by atoms with Crippen LogP contribution in [0.15, 0.2) is 18.2 Å². The van der Waals surface area contributed by atoms with E-state index in [9.17, 15) is 14.7 Å². The van der Waals surface area contributed by atoms with Crippen molar-refractivity contribution in [2.75, 3.05) is 13.2 Å². The molecule has 0 aliphatic heterocycles. The molecule has 5 heteroatoms. The van der Waals surface area contributed by atoms with Gasteiger partial charge in [0.2, 0.25) is 0 Å². The van der Waals surface area contributed by atoms with E-state index in [1.807, 2.05) is 0 Å². The molecule has 1 N–H and O–H groups in total. The van der Waals surface area contributed by atoms with Crippen molar-refractivity contribution in [1.82, 2.24) is 0 Å². The van der Waals surface area contributed by atoms with Gasteiger partial charge in [0, 0.05) is 24.5 Å².